The Kier molecular flexibility index (Phi) is 3.66. The number of fused-ring (bicyclic) bond motifs is 3. The van der Waals surface area contributed by atoms with Crippen LogP contribution in [0.2, 0.25) is 0 Å². The molecule has 1 aliphatic rings. The van der Waals surface area contributed by atoms with Crippen molar-refractivity contribution in [3.63, 3.8) is 0 Å². The van der Waals surface area contributed by atoms with Crippen LogP contribution in [0.5, 0.6) is 0 Å². The molecule has 0 amide bonds. The van der Waals surface area contributed by atoms with E-state index < -0.39 is 0 Å². The molecular weight excluding hydrogens is 383 g/mol. The normalized spacial score (nSPS) is 14.5. The number of para-hydroxylation sites is 1. The van der Waals surface area contributed by atoms with E-state index in [0.29, 0.717) is 14.5 Å². The number of hydrogen-bond acceptors (Lipinski definition) is 2. The van der Waals surface area contributed by atoms with Gasteiger partial charge in [-0.25, -0.2) is 0 Å². The summed E-state index contributed by atoms with van der Waals surface area (Å²) >= 11 is 0.412. The number of nitrogens with zero attached hydrogens (tertiary/aromatic N) is 2. The standard InChI is InChI=1S/C23H20N2Se/c1-16-7-3-5-9-20(16)25-14-21(24(2)15-25)17-11-12-19-18-8-4-6-10-22(18)26-23(19)13-17/h3-14H,15H2,1-2H3. The average molecular weight is 403 g/mol. The van der Waals surface area contributed by atoms with Gasteiger partial charge in [-0.2, -0.15) is 0 Å². The molecule has 0 spiro atoms. The molecule has 0 aliphatic carbocycles. The Morgan fingerprint density at radius 2 is 1.62 bits per heavy atom. The van der Waals surface area contributed by atoms with Gasteiger partial charge in [0.25, 0.3) is 0 Å². The zero-order valence-corrected chi connectivity index (χ0v) is 16.7. The summed E-state index contributed by atoms with van der Waals surface area (Å²) in [5.74, 6) is 0. The molecule has 0 radical (unpaired) electrons. The molecular formula is C23H20N2Se. The maximum atomic E-state index is 2.40. The second-order valence-electron chi connectivity index (χ2n) is 6.92. The van der Waals surface area contributed by atoms with Crippen LogP contribution in [0.3, 0.4) is 0 Å². The van der Waals surface area contributed by atoms with Gasteiger partial charge in [-0.05, 0) is 0 Å². The summed E-state index contributed by atoms with van der Waals surface area (Å²) in [5.41, 5.74) is 5.21. The summed E-state index contributed by atoms with van der Waals surface area (Å²) in [5, 5.41) is 2.84. The summed E-state index contributed by atoms with van der Waals surface area (Å²) in [6.07, 6.45) is 2.29. The van der Waals surface area contributed by atoms with Crippen molar-refractivity contribution in [2.24, 2.45) is 0 Å². The van der Waals surface area contributed by atoms with E-state index in [-0.39, 0.29) is 0 Å². The van der Waals surface area contributed by atoms with Gasteiger partial charge in [0.05, 0.1) is 0 Å². The summed E-state index contributed by atoms with van der Waals surface area (Å²) in [4.78, 5) is 4.68. The molecule has 2 nitrogen and oxygen atoms in total. The number of benzene rings is 3. The zero-order valence-electron chi connectivity index (χ0n) is 14.9. The van der Waals surface area contributed by atoms with Gasteiger partial charge in [-0.1, -0.05) is 0 Å². The molecule has 2 heterocycles. The molecule has 3 heteroatoms. The number of anilines is 1. The van der Waals surface area contributed by atoms with E-state index in [4.69, 9.17) is 0 Å². The van der Waals surface area contributed by atoms with Gasteiger partial charge in [0, 0.05) is 0 Å². The first-order valence-corrected chi connectivity index (χ1v) is 10.6. The SMILES string of the molecule is Cc1ccccc1N1C=C(c2ccc3c(c2)[se]c2ccccc23)N(C)C1. The molecule has 0 saturated carbocycles. The van der Waals surface area contributed by atoms with Crippen molar-refractivity contribution in [3.05, 3.63) is 84.1 Å². The van der Waals surface area contributed by atoms with Crippen LogP contribution >= 0.6 is 0 Å². The van der Waals surface area contributed by atoms with Crippen LogP contribution in [0, 0.1) is 6.92 Å². The molecule has 0 unspecified atom stereocenters. The Hall–Kier alpha value is -2.48. The molecule has 0 atom stereocenters. The monoisotopic (exact) mass is 404 g/mol. The van der Waals surface area contributed by atoms with Crippen molar-refractivity contribution in [1.82, 2.24) is 4.90 Å². The van der Waals surface area contributed by atoms with Gasteiger partial charge in [-0.15, -0.1) is 0 Å². The van der Waals surface area contributed by atoms with Crippen molar-refractivity contribution >= 4 is 45.2 Å². The van der Waals surface area contributed by atoms with E-state index in [9.17, 15) is 0 Å². The first-order valence-electron chi connectivity index (χ1n) is 8.87. The third-order valence-electron chi connectivity index (χ3n) is 5.15. The van der Waals surface area contributed by atoms with E-state index in [1.165, 1.54) is 41.8 Å². The molecule has 1 aromatic heterocycles. The van der Waals surface area contributed by atoms with Crippen LogP contribution in [0.15, 0.2) is 72.9 Å². The van der Waals surface area contributed by atoms with Crippen LogP contribution in [0.25, 0.3) is 25.0 Å². The summed E-state index contributed by atoms with van der Waals surface area (Å²) in [6.45, 7) is 3.07. The molecule has 3 aromatic carbocycles. The predicted octanol–water partition coefficient (Wildman–Crippen LogP) is 5.07. The minimum absolute atomic E-state index is 0.412. The Bertz CT molecular complexity index is 1160. The molecule has 0 fully saturated rings. The third-order valence-corrected chi connectivity index (χ3v) is 7.53. The van der Waals surface area contributed by atoms with Crippen LogP contribution in [-0.4, -0.2) is 33.1 Å². The Balaban J connectivity index is 1.59. The summed E-state index contributed by atoms with van der Waals surface area (Å²) < 4.78 is 3.00. The van der Waals surface area contributed by atoms with E-state index in [1.54, 1.807) is 0 Å². The number of rotatable bonds is 2. The molecule has 128 valence electrons. The average Bonchev–Trinajstić information content (AvgIpc) is 3.22. The maximum absolute atomic E-state index is 2.40. The van der Waals surface area contributed by atoms with Crippen molar-refractivity contribution in [2.45, 2.75) is 6.92 Å². The van der Waals surface area contributed by atoms with Crippen molar-refractivity contribution in [3.8, 4) is 0 Å². The second kappa shape index (κ2) is 6.05. The fourth-order valence-corrected chi connectivity index (χ4v) is 6.21. The van der Waals surface area contributed by atoms with Gasteiger partial charge in [0.15, 0.2) is 0 Å². The molecule has 5 rings (SSSR count). The molecule has 0 bridgehead atoms. The van der Waals surface area contributed by atoms with Crippen molar-refractivity contribution < 1.29 is 0 Å². The fourth-order valence-electron chi connectivity index (χ4n) is 3.80. The third kappa shape index (κ3) is 2.47. The van der Waals surface area contributed by atoms with Crippen LogP contribution < -0.4 is 4.90 Å². The number of hydrogen-bond donors (Lipinski definition) is 0. The Morgan fingerprint density at radius 3 is 2.50 bits per heavy atom. The van der Waals surface area contributed by atoms with E-state index >= 15 is 0 Å². The first kappa shape index (κ1) is 15.7. The quantitative estimate of drug-likeness (QED) is 0.432. The molecule has 26 heavy (non-hydrogen) atoms. The van der Waals surface area contributed by atoms with Gasteiger partial charge < -0.3 is 0 Å². The fraction of sp³-hybridized carbons (Fsp3) is 0.130. The molecule has 0 saturated heterocycles. The van der Waals surface area contributed by atoms with Crippen LogP contribution in [0.4, 0.5) is 5.69 Å². The van der Waals surface area contributed by atoms with Crippen molar-refractivity contribution in [1.29, 1.82) is 0 Å². The Labute approximate surface area is 159 Å². The van der Waals surface area contributed by atoms with Crippen molar-refractivity contribution in [2.75, 3.05) is 18.6 Å². The van der Waals surface area contributed by atoms with Gasteiger partial charge >= 0.3 is 160 Å². The van der Waals surface area contributed by atoms with Crippen LogP contribution in [0.1, 0.15) is 11.1 Å². The Morgan fingerprint density at radius 1 is 0.846 bits per heavy atom. The first-order chi connectivity index (χ1) is 12.7. The minimum atomic E-state index is 0.412. The second-order valence-corrected chi connectivity index (χ2v) is 9.19. The van der Waals surface area contributed by atoms with E-state index in [0.717, 1.165) is 6.67 Å². The van der Waals surface area contributed by atoms with E-state index in [1.807, 2.05) is 0 Å². The summed E-state index contributed by atoms with van der Waals surface area (Å²) in [6, 6.07) is 24.4. The van der Waals surface area contributed by atoms with Crippen LogP contribution in [-0.2, 0) is 0 Å². The number of aryl methyl sites for hydroxylation is 1. The molecule has 1 aliphatic heterocycles. The summed E-state index contributed by atoms with van der Waals surface area (Å²) in [7, 11) is 2.18. The topological polar surface area (TPSA) is 6.48 Å². The zero-order chi connectivity index (χ0) is 17.7. The van der Waals surface area contributed by atoms with E-state index in [2.05, 4.69) is 96.7 Å². The molecule has 4 aromatic rings. The predicted molar refractivity (Wildman–Crippen MR) is 113 cm³/mol. The molecule has 0 N–H and O–H groups in total. The van der Waals surface area contributed by atoms with Gasteiger partial charge in [-0.3, -0.25) is 0 Å². The van der Waals surface area contributed by atoms with Gasteiger partial charge in [0.1, 0.15) is 0 Å². The van der Waals surface area contributed by atoms with Gasteiger partial charge in [0.2, 0.25) is 0 Å².